The van der Waals surface area contributed by atoms with Gasteiger partial charge in [0.15, 0.2) is 0 Å². The van der Waals surface area contributed by atoms with Gasteiger partial charge in [-0.25, -0.2) is 4.79 Å². The Morgan fingerprint density at radius 2 is 1.90 bits per heavy atom. The van der Waals surface area contributed by atoms with Crippen LogP contribution in [0.25, 0.3) is 0 Å². The molecule has 1 N–H and O–H groups in total. The summed E-state index contributed by atoms with van der Waals surface area (Å²) in [5.41, 5.74) is 1.31. The average molecular weight is 353 g/mol. The molecule has 1 aromatic rings. The van der Waals surface area contributed by atoms with Crippen molar-refractivity contribution in [1.82, 2.24) is 4.90 Å². The summed E-state index contributed by atoms with van der Waals surface area (Å²) in [6.07, 6.45) is 0.300. The summed E-state index contributed by atoms with van der Waals surface area (Å²) in [6, 6.07) is 8.57. The third-order valence-corrected chi connectivity index (χ3v) is 5.38. The molecule has 114 valence electrons. The number of piperidine rings is 1. The van der Waals surface area contributed by atoms with Crippen LogP contribution in [-0.2, 0) is 0 Å². The van der Waals surface area contributed by atoms with E-state index in [9.17, 15) is 9.90 Å². The highest BCUT2D eigenvalue weighted by atomic mass is 79.9. The lowest BCUT2D eigenvalue weighted by atomic mass is 9.73. The maximum absolute atomic E-state index is 11.4. The fraction of sp³-hybridized carbons (Fsp3) is 0.562. The standard InChI is InChI=1S/C16H21BrN2O2/c1-16(2)7-11-8-18(15(20)21)10-14(16)19(9-11)13-5-3-12(17)4-6-13/h3-6,11,14H,7-10H2,1-2H3,(H,20,21)/t11-,14-/m1/s1. The van der Waals surface area contributed by atoms with Crippen LogP contribution in [0.2, 0.25) is 0 Å². The molecule has 0 unspecified atom stereocenters. The molecule has 1 aromatic carbocycles. The summed E-state index contributed by atoms with van der Waals surface area (Å²) >= 11 is 3.47. The van der Waals surface area contributed by atoms with Gasteiger partial charge >= 0.3 is 6.09 Å². The molecule has 3 fully saturated rings. The summed E-state index contributed by atoms with van der Waals surface area (Å²) in [7, 11) is 0. The molecular weight excluding hydrogens is 332 g/mol. The van der Waals surface area contributed by atoms with Gasteiger partial charge in [-0.15, -0.1) is 0 Å². The lowest BCUT2D eigenvalue weighted by Crippen LogP contribution is -2.54. The van der Waals surface area contributed by atoms with E-state index >= 15 is 0 Å². The first-order valence-electron chi connectivity index (χ1n) is 7.37. The van der Waals surface area contributed by atoms with Crippen LogP contribution >= 0.6 is 15.9 Å². The lowest BCUT2D eigenvalue weighted by Gasteiger charge is -2.48. The van der Waals surface area contributed by atoms with E-state index in [2.05, 4.69) is 58.9 Å². The van der Waals surface area contributed by atoms with Crippen molar-refractivity contribution in [3.8, 4) is 0 Å². The number of hydrogen-bond acceptors (Lipinski definition) is 2. The highest BCUT2D eigenvalue weighted by Gasteiger charge is 2.46. The van der Waals surface area contributed by atoms with Crippen molar-refractivity contribution < 1.29 is 9.90 Å². The number of halogens is 1. The van der Waals surface area contributed by atoms with Crippen molar-refractivity contribution in [2.24, 2.45) is 11.3 Å². The topological polar surface area (TPSA) is 43.8 Å². The minimum absolute atomic E-state index is 0.125. The van der Waals surface area contributed by atoms with E-state index in [0.717, 1.165) is 17.4 Å². The Morgan fingerprint density at radius 3 is 2.52 bits per heavy atom. The Bertz CT molecular complexity index is 544. The molecular formula is C16H21BrN2O2. The minimum atomic E-state index is -0.791. The summed E-state index contributed by atoms with van der Waals surface area (Å²) in [4.78, 5) is 15.4. The molecule has 4 nitrogen and oxygen atoms in total. The number of nitrogens with zero attached hydrogens (tertiary/aromatic N) is 2. The van der Waals surface area contributed by atoms with Gasteiger partial charge in [-0.1, -0.05) is 29.8 Å². The molecule has 4 rings (SSSR count). The summed E-state index contributed by atoms with van der Waals surface area (Å²) < 4.78 is 1.07. The third-order valence-electron chi connectivity index (χ3n) is 4.85. The molecule has 0 radical (unpaired) electrons. The number of fused-ring (bicyclic) bond motifs is 4. The van der Waals surface area contributed by atoms with Crippen LogP contribution in [-0.4, -0.2) is 41.8 Å². The first-order valence-corrected chi connectivity index (χ1v) is 8.16. The fourth-order valence-electron chi connectivity index (χ4n) is 3.91. The fourth-order valence-corrected chi connectivity index (χ4v) is 4.17. The zero-order chi connectivity index (χ0) is 15.2. The van der Waals surface area contributed by atoms with Crippen molar-refractivity contribution in [2.45, 2.75) is 26.3 Å². The average Bonchev–Trinajstić information content (AvgIpc) is 2.66. The zero-order valence-electron chi connectivity index (χ0n) is 12.4. The summed E-state index contributed by atoms with van der Waals surface area (Å²) in [5, 5.41) is 9.39. The van der Waals surface area contributed by atoms with Crippen molar-refractivity contribution in [3.63, 3.8) is 0 Å². The largest absolute Gasteiger partial charge is 0.465 e. The lowest BCUT2D eigenvalue weighted by molar-refractivity contribution is 0.142. The predicted molar refractivity (Wildman–Crippen MR) is 86.8 cm³/mol. The molecule has 3 aliphatic rings. The second kappa shape index (κ2) is 5.20. The monoisotopic (exact) mass is 352 g/mol. The molecule has 3 aliphatic heterocycles. The quantitative estimate of drug-likeness (QED) is 0.838. The molecule has 21 heavy (non-hydrogen) atoms. The van der Waals surface area contributed by atoms with Crippen LogP contribution in [0, 0.1) is 11.3 Å². The van der Waals surface area contributed by atoms with Crippen LogP contribution < -0.4 is 4.90 Å². The van der Waals surface area contributed by atoms with Gasteiger partial charge in [0.2, 0.25) is 0 Å². The SMILES string of the molecule is CC1(C)C[C@@H]2CN(C(=O)O)C[C@H]1N(c1ccc(Br)cc1)C2. The number of benzene rings is 1. The third kappa shape index (κ3) is 2.76. The Balaban J connectivity index is 1.95. The van der Waals surface area contributed by atoms with Gasteiger partial charge in [0.25, 0.3) is 0 Å². The van der Waals surface area contributed by atoms with E-state index < -0.39 is 6.09 Å². The Morgan fingerprint density at radius 1 is 1.24 bits per heavy atom. The van der Waals surface area contributed by atoms with Crippen molar-refractivity contribution >= 4 is 27.7 Å². The zero-order valence-corrected chi connectivity index (χ0v) is 14.0. The smallest absolute Gasteiger partial charge is 0.407 e. The number of anilines is 1. The number of hydrogen-bond donors (Lipinski definition) is 1. The summed E-state index contributed by atoms with van der Waals surface area (Å²) in [6.45, 7) is 6.72. The molecule has 2 atom stereocenters. The first-order chi connectivity index (χ1) is 9.87. The van der Waals surface area contributed by atoms with Gasteiger partial charge in [-0.2, -0.15) is 0 Å². The van der Waals surface area contributed by atoms with Crippen LogP contribution in [0.5, 0.6) is 0 Å². The molecule has 0 aromatic heterocycles. The van der Waals surface area contributed by atoms with Gasteiger partial charge in [0, 0.05) is 29.8 Å². The second-order valence-electron chi connectivity index (χ2n) is 6.89. The molecule has 2 bridgehead atoms. The van der Waals surface area contributed by atoms with Gasteiger partial charge < -0.3 is 14.9 Å². The van der Waals surface area contributed by atoms with E-state index in [0.29, 0.717) is 19.0 Å². The van der Waals surface area contributed by atoms with E-state index in [1.54, 1.807) is 4.90 Å². The maximum Gasteiger partial charge on any atom is 0.407 e. The van der Waals surface area contributed by atoms with Gasteiger partial charge in [-0.3, -0.25) is 0 Å². The first kappa shape index (κ1) is 14.7. The molecule has 0 spiro atoms. The predicted octanol–water partition coefficient (Wildman–Crippen LogP) is 3.66. The van der Waals surface area contributed by atoms with E-state index in [1.165, 1.54) is 5.69 Å². The van der Waals surface area contributed by atoms with E-state index in [4.69, 9.17) is 0 Å². The van der Waals surface area contributed by atoms with Crippen LogP contribution in [0.15, 0.2) is 28.7 Å². The maximum atomic E-state index is 11.4. The van der Waals surface area contributed by atoms with Crippen LogP contribution in [0.1, 0.15) is 20.3 Å². The van der Waals surface area contributed by atoms with Crippen molar-refractivity contribution in [1.29, 1.82) is 0 Å². The van der Waals surface area contributed by atoms with Gasteiger partial charge in [0.1, 0.15) is 0 Å². The molecule has 0 saturated carbocycles. The van der Waals surface area contributed by atoms with Crippen molar-refractivity contribution in [3.05, 3.63) is 28.7 Å². The number of amides is 1. The van der Waals surface area contributed by atoms with Crippen LogP contribution in [0.4, 0.5) is 10.5 Å². The normalized spacial score (nSPS) is 27.6. The number of carboxylic acid groups (broad SMARTS) is 1. The Hall–Kier alpha value is -1.23. The highest BCUT2D eigenvalue weighted by Crippen LogP contribution is 2.43. The van der Waals surface area contributed by atoms with E-state index in [-0.39, 0.29) is 11.5 Å². The molecule has 1 amide bonds. The molecule has 3 heterocycles. The Labute approximate surface area is 133 Å². The molecule has 5 heteroatoms. The van der Waals surface area contributed by atoms with Gasteiger partial charge in [-0.05, 0) is 42.0 Å². The highest BCUT2D eigenvalue weighted by molar-refractivity contribution is 9.10. The van der Waals surface area contributed by atoms with E-state index in [1.807, 2.05) is 0 Å². The Kier molecular flexibility index (Phi) is 3.64. The summed E-state index contributed by atoms with van der Waals surface area (Å²) in [5.74, 6) is 0.401. The number of carbonyl (C=O) groups is 1. The minimum Gasteiger partial charge on any atom is -0.465 e. The molecule has 3 saturated heterocycles. The second-order valence-corrected chi connectivity index (χ2v) is 7.81. The molecule has 0 aliphatic carbocycles. The van der Waals surface area contributed by atoms with Crippen molar-refractivity contribution in [2.75, 3.05) is 24.5 Å². The van der Waals surface area contributed by atoms with Gasteiger partial charge in [0.05, 0.1) is 6.04 Å². The van der Waals surface area contributed by atoms with Crippen LogP contribution in [0.3, 0.4) is 0 Å². The number of rotatable bonds is 1.